The van der Waals surface area contributed by atoms with Crippen LogP contribution < -0.4 is 11.1 Å². The Kier molecular flexibility index (Phi) is 7.84. The molecule has 8 heteroatoms. The lowest BCUT2D eigenvalue weighted by atomic mass is 10.1. The molecule has 2 heterocycles. The van der Waals surface area contributed by atoms with Crippen LogP contribution in [0.1, 0.15) is 30.3 Å². The minimum Gasteiger partial charge on any atom is -0.483 e. The molecule has 0 saturated carbocycles. The van der Waals surface area contributed by atoms with Gasteiger partial charge in [0, 0.05) is 13.1 Å². The minimum absolute atomic E-state index is 0.198. The predicted molar refractivity (Wildman–Crippen MR) is 82.6 cm³/mol. The van der Waals surface area contributed by atoms with Gasteiger partial charge in [0.15, 0.2) is 0 Å². The molecule has 1 aromatic rings. The lowest BCUT2D eigenvalue weighted by molar-refractivity contribution is -0.122. The second-order valence-electron chi connectivity index (χ2n) is 5.10. The Balaban J connectivity index is 0.000000745. The molecule has 0 bridgehead atoms. The normalized spacial score (nSPS) is 17.4. The molecular formula is C14H23N5O3. The van der Waals surface area contributed by atoms with Crippen molar-refractivity contribution in [3.8, 4) is 0 Å². The van der Waals surface area contributed by atoms with E-state index in [4.69, 9.17) is 15.6 Å². The minimum atomic E-state index is -0.550. The number of rotatable bonds is 6. The molecule has 0 aromatic carbocycles. The second kappa shape index (κ2) is 9.67. The highest BCUT2D eigenvalue weighted by Gasteiger charge is 2.21. The van der Waals surface area contributed by atoms with Gasteiger partial charge >= 0.3 is 0 Å². The van der Waals surface area contributed by atoms with Crippen LogP contribution in [0.2, 0.25) is 0 Å². The number of likely N-dealkylation sites (tertiary alicyclic amines) is 1. The van der Waals surface area contributed by atoms with E-state index < -0.39 is 5.91 Å². The summed E-state index contributed by atoms with van der Waals surface area (Å²) < 4.78 is 0. The van der Waals surface area contributed by atoms with Crippen molar-refractivity contribution in [2.24, 2.45) is 11.7 Å². The molecule has 22 heavy (non-hydrogen) atoms. The summed E-state index contributed by atoms with van der Waals surface area (Å²) in [5.74, 6) is 0.696. The molecule has 1 unspecified atom stereocenters. The smallest absolute Gasteiger partial charge is 0.290 e. The molecule has 1 aliphatic rings. The van der Waals surface area contributed by atoms with Gasteiger partial charge in [-0.3, -0.25) is 14.6 Å². The average Bonchev–Trinajstić information content (AvgIpc) is 2.94. The molecular weight excluding hydrogens is 286 g/mol. The summed E-state index contributed by atoms with van der Waals surface area (Å²) in [4.78, 5) is 29.9. The Morgan fingerprint density at radius 3 is 2.95 bits per heavy atom. The third-order valence-electron chi connectivity index (χ3n) is 3.37. The molecule has 1 fully saturated rings. The maximum atomic E-state index is 11.0. The first kappa shape index (κ1) is 17.8. The summed E-state index contributed by atoms with van der Waals surface area (Å²) in [6, 6.07) is 0. The van der Waals surface area contributed by atoms with Crippen molar-refractivity contribution < 1.29 is 14.7 Å². The van der Waals surface area contributed by atoms with Crippen LogP contribution in [0.3, 0.4) is 0 Å². The van der Waals surface area contributed by atoms with Crippen LogP contribution in [0.25, 0.3) is 0 Å². The fourth-order valence-corrected chi connectivity index (χ4v) is 2.42. The number of carbonyl (C=O) groups excluding carboxylic acids is 1. The predicted octanol–water partition coefficient (Wildman–Crippen LogP) is 0.420. The van der Waals surface area contributed by atoms with Crippen molar-refractivity contribution in [1.29, 1.82) is 0 Å². The van der Waals surface area contributed by atoms with E-state index in [9.17, 15) is 4.79 Å². The van der Waals surface area contributed by atoms with Gasteiger partial charge in [-0.15, -0.1) is 0 Å². The number of hydrogen-bond acceptors (Lipinski definition) is 6. The van der Waals surface area contributed by atoms with Gasteiger partial charge in [-0.05, 0) is 31.8 Å². The maximum Gasteiger partial charge on any atom is 0.290 e. The summed E-state index contributed by atoms with van der Waals surface area (Å²) in [5, 5.41) is 10.1. The maximum absolute atomic E-state index is 11.0. The summed E-state index contributed by atoms with van der Waals surface area (Å²) >= 11 is 0. The van der Waals surface area contributed by atoms with Crippen molar-refractivity contribution in [2.75, 3.05) is 31.5 Å². The van der Waals surface area contributed by atoms with E-state index in [1.54, 1.807) is 6.20 Å². The van der Waals surface area contributed by atoms with E-state index in [1.807, 2.05) is 0 Å². The standard InChI is InChI=1S/C13H21N5O.CH2O2/c1-2-4-18-5-3-10(9-18)6-16-12-8-15-7-11(17-12)13(14)19;2-1-3/h7-8,10H,2-6,9H2,1H3,(H2,14,19)(H,16,17);1H,(H,2,3). The molecule has 2 rings (SSSR count). The van der Waals surface area contributed by atoms with Gasteiger partial charge < -0.3 is 21.1 Å². The third kappa shape index (κ3) is 6.04. The second-order valence-corrected chi connectivity index (χ2v) is 5.10. The van der Waals surface area contributed by atoms with Gasteiger partial charge in [0.05, 0.1) is 12.4 Å². The number of amides is 1. The Hall–Kier alpha value is -2.22. The van der Waals surface area contributed by atoms with Crippen LogP contribution in [0.15, 0.2) is 12.4 Å². The molecule has 1 amide bonds. The summed E-state index contributed by atoms with van der Waals surface area (Å²) in [5.41, 5.74) is 5.37. The van der Waals surface area contributed by atoms with E-state index in [2.05, 4.69) is 27.1 Å². The molecule has 122 valence electrons. The zero-order chi connectivity index (χ0) is 16.4. The molecule has 1 saturated heterocycles. The number of primary amides is 1. The van der Waals surface area contributed by atoms with Crippen LogP contribution in [0.4, 0.5) is 5.82 Å². The van der Waals surface area contributed by atoms with Crippen molar-refractivity contribution in [3.63, 3.8) is 0 Å². The first-order valence-corrected chi connectivity index (χ1v) is 7.26. The highest BCUT2D eigenvalue weighted by molar-refractivity contribution is 5.90. The van der Waals surface area contributed by atoms with E-state index in [1.165, 1.54) is 32.1 Å². The van der Waals surface area contributed by atoms with Gasteiger partial charge in [-0.2, -0.15) is 0 Å². The average molecular weight is 309 g/mol. The lowest BCUT2D eigenvalue weighted by Gasteiger charge is -2.15. The van der Waals surface area contributed by atoms with Crippen LogP contribution in [-0.2, 0) is 4.79 Å². The summed E-state index contributed by atoms with van der Waals surface area (Å²) in [6.45, 7) is 6.29. The number of nitrogens with zero attached hydrogens (tertiary/aromatic N) is 3. The Morgan fingerprint density at radius 1 is 1.59 bits per heavy atom. The molecule has 1 atom stereocenters. The van der Waals surface area contributed by atoms with Crippen LogP contribution in [0, 0.1) is 5.92 Å². The van der Waals surface area contributed by atoms with Crippen molar-refractivity contribution in [2.45, 2.75) is 19.8 Å². The molecule has 0 radical (unpaired) electrons. The first-order valence-electron chi connectivity index (χ1n) is 7.26. The molecule has 1 aliphatic heterocycles. The van der Waals surface area contributed by atoms with Crippen LogP contribution in [-0.4, -0.2) is 58.5 Å². The van der Waals surface area contributed by atoms with Gasteiger partial charge in [0.1, 0.15) is 11.5 Å². The Morgan fingerprint density at radius 2 is 2.32 bits per heavy atom. The fraction of sp³-hybridized carbons (Fsp3) is 0.571. The van der Waals surface area contributed by atoms with Gasteiger partial charge in [-0.1, -0.05) is 6.92 Å². The summed E-state index contributed by atoms with van der Waals surface area (Å²) in [7, 11) is 0. The quantitative estimate of drug-likeness (QED) is 0.651. The fourth-order valence-electron chi connectivity index (χ4n) is 2.42. The van der Waals surface area contributed by atoms with E-state index in [0.717, 1.165) is 13.1 Å². The first-order chi connectivity index (χ1) is 10.6. The number of carboxylic acid groups (broad SMARTS) is 1. The monoisotopic (exact) mass is 309 g/mol. The molecule has 4 N–H and O–H groups in total. The largest absolute Gasteiger partial charge is 0.483 e. The van der Waals surface area contributed by atoms with Crippen molar-refractivity contribution in [1.82, 2.24) is 14.9 Å². The summed E-state index contributed by atoms with van der Waals surface area (Å²) in [6.07, 6.45) is 5.40. The zero-order valence-corrected chi connectivity index (χ0v) is 12.7. The highest BCUT2D eigenvalue weighted by Crippen LogP contribution is 2.16. The molecule has 0 aliphatic carbocycles. The number of anilines is 1. The highest BCUT2D eigenvalue weighted by atomic mass is 16.3. The molecule has 8 nitrogen and oxygen atoms in total. The van der Waals surface area contributed by atoms with E-state index >= 15 is 0 Å². The number of hydrogen-bond donors (Lipinski definition) is 3. The number of nitrogens with one attached hydrogen (secondary N) is 1. The van der Waals surface area contributed by atoms with E-state index in [0.29, 0.717) is 11.7 Å². The third-order valence-corrected chi connectivity index (χ3v) is 3.37. The Bertz CT molecular complexity index is 483. The van der Waals surface area contributed by atoms with E-state index in [-0.39, 0.29) is 12.2 Å². The SMILES string of the molecule is CCCN1CCC(CNc2cncc(C(N)=O)n2)C1.O=CO. The van der Waals surface area contributed by atoms with Crippen LogP contribution >= 0.6 is 0 Å². The topological polar surface area (TPSA) is 121 Å². The van der Waals surface area contributed by atoms with Crippen molar-refractivity contribution >= 4 is 18.2 Å². The van der Waals surface area contributed by atoms with Crippen molar-refractivity contribution in [3.05, 3.63) is 18.1 Å². The lowest BCUT2D eigenvalue weighted by Crippen LogP contribution is -2.24. The zero-order valence-electron chi connectivity index (χ0n) is 12.7. The van der Waals surface area contributed by atoms with Gasteiger partial charge in [0.25, 0.3) is 12.4 Å². The van der Waals surface area contributed by atoms with Gasteiger partial charge in [-0.25, -0.2) is 4.98 Å². The molecule has 1 aromatic heterocycles. The number of nitrogens with two attached hydrogens (primary N) is 1. The molecule has 0 spiro atoms. The number of aromatic nitrogens is 2. The van der Waals surface area contributed by atoms with Crippen LogP contribution in [0.5, 0.6) is 0 Å². The van der Waals surface area contributed by atoms with Gasteiger partial charge in [0.2, 0.25) is 0 Å². The Labute approximate surface area is 129 Å². The number of carbonyl (C=O) groups is 2.